The van der Waals surface area contributed by atoms with Gasteiger partial charge in [-0.25, -0.2) is 0 Å². The molecule has 0 bridgehead atoms. The first-order chi connectivity index (χ1) is 15.0. The molecular weight excluding hydrogens is 388 g/mol. The number of benzene rings is 1. The van der Waals surface area contributed by atoms with Crippen molar-refractivity contribution in [1.82, 2.24) is 9.80 Å². The van der Waals surface area contributed by atoms with Crippen LogP contribution in [0, 0.1) is 23.2 Å². The van der Waals surface area contributed by atoms with Crippen molar-refractivity contribution in [2.45, 2.75) is 51.9 Å². The highest BCUT2D eigenvalue weighted by atomic mass is 16.6. The summed E-state index contributed by atoms with van der Waals surface area (Å²) in [4.78, 5) is 17.8. The van der Waals surface area contributed by atoms with Gasteiger partial charge >= 0.3 is 5.97 Å². The molecule has 1 saturated carbocycles. The van der Waals surface area contributed by atoms with E-state index in [1.807, 2.05) is 0 Å². The Bertz CT molecular complexity index is 832. The number of carbonyl (C=O) groups is 1. The van der Waals surface area contributed by atoms with Gasteiger partial charge in [-0.15, -0.1) is 0 Å². The summed E-state index contributed by atoms with van der Waals surface area (Å²) in [6, 6.07) is 10.6. The van der Waals surface area contributed by atoms with Crippen LogP contribution in [0.15, 0.2) is 42.0 Å². The van der Waals surface area contributed by atoms with Gasteiger partial charge in [0.2, 0.25) is 0 Å². The number of fused-ring (bicyclic) bond motifs is 2. The molecule has 2 heterocycles. The molecule has 1 aromatic rings. The maximum atomic E-state index is 12.9. The van der Waals surface area contributed by atoms with E-state index in [4.69, 9.17) is 4.74 Å². The highest BCUT2D eigenvalue weighted by molar-refractivity contribution is 5.76. The number of piperazine rings is 1. The van der Waals surface area contributed by atoms with Crippen molar-refractivity contribution in [2.24, 2.45) is 23.2 Å². The molecule has 1 aromatic carbocycles. The highest BCUT2D eigenvalue weighted by Gasteiger charge is 2.59. The second kappa shape index (κ2) is 8.34. The largest absolute Gasteiger partial charge is 0.461 e. The monoisotopic (exact) mass is 424 g/mol. The molecule has 1 N–H and O–H groups in total. The minimum Gasteiger partial charge on any atom is -0.461 e. The standard InChI is InChI=1S/C26H36N2O3/c1-18-7-6-10-20-15-22-23(24(29)26(18,20)2)21(25(30)31-22)17-28-13-11-27(12-14-28)16-19-8-4-3-5-9-19/h3-5,8-10,18,21-24,29H,6-7,11-17H2,1-2H3. The van der Waals surface area contributed by atoms with E-state index < -0.39 is 6.10 Å². The van der Waals surface area contributed by atoms with Crippen molar-refractivity contribution in [3.05, 3.63) is 47.5 Å². The number of aliphatic hydroxyl groups is 1. The fourth-order valence-corrected chi connectivity index (χ4v) is 6.52. The number of aliphatic hydroxyl groups excluding tert-OH is 1. The van der Waals surface area contributed by atoms with Gasteiger partial charge in [0.05, 0.1) is 12.0 Å². The Morgan fingerprint density at radius 3 is 2.58 bits per heavy atom. The number of esters is 1. The smallest absolute Gasteiger partial charge is 0.311 e. The second-order valence-corrected chi connectivity index (χ2v) is 10.4. The molecule has 6 atom stereocenters. The van der Waals surface area contributed by atoms with E-state index in [9.17, 15) is 9.90 Å². The van der Waals surface area contributed by atoms with Gasteiger partial charge in [-0.05, 0) is 24.3 Å². The van der Waals surface area contributed by atoms with Crippen LogP contribution in [0.3, 0.4) is 0 Å². The van der Waals surface area contributed by atoms with Gasteiger partial charge in [0.15, 0.2) is 0 Å². The van der Waals surface area contributed by atoms with Gasteiger partial charge < -0.3 is 9.84 Å². The van der Waals surface area contributed by atoms with E-state index in [1.165, 1.54) is 11.1 Å². The third-order valence-electron chi connectivity index (χ3n) is 8.74. The fraction of sp³-hybridized carbons (Fsp3) is 0.654. The molecule has 0 aromatic heterocycles. The number of hydrogen-bond acceptors (Lipinski definition) is 5. The zero-order chi connectivity index (χ0) is 21.6. The van der Waals surface area contributed by atoms with Gasteiger partial charge in [-0.1, -0.05) is 55.8 Å². The van der Waals surface area contributed by atoms with E-state index in [0.29, 0.717) is 12.5 Å². The molecule has 5 heteroatoms. The van der Waals surface area contributed by atoms with Gasteiger partial charge in [-0.2, -0.15) is 0 Å². The van der Waals surface area contributed by atoms with Crippen LogP contribution in [0.2, 0.25) is 0 Å². The lowest BCUT2D eigenvalue weighted by Crippen LogP contribution is -2.55. The zero-order valence-corrected chi connectivity index (χ0v) is 18.9. The average molecular weight is 425 g/mol. The molecule has 2 aliphatic heterocycles. The van der Waals surface area contributed by atoms with E-state index in [2.05, 4.69) is 60.1 Å². The van der Waals surface area contributed by atoms with Crippen molar-refractivity contribution >= 4 is 5.97 Å². The summed E-state index contributed by atoms with van der Waals surface area (Å²) in [6.45, 7) is 10.1. The minimum absolute atomic E-state index is 0.0856. The number of hydrogen-bond donors (Lipinski definition) is 1. The molecule has 0 amide bonds. The summed E-state index contributed by atoms with van der Waals surface area (Å²) in [5.41, 5.74) is 2.44. The maximum Gasteiger partial charge on any atom is 0.311 e. The molecule has 5 nitrogen and oxygen atoms in total. The molecule has 31 heavy (non-hydrogen) atoms. The second-order valence-electron chi connectivity index (χ2n) is 10.4. The van der Waals surface area contributed by atoms with Crippen molar-refractivity contribution in [3.8, 4) is 0 Å². The first-order valence-electron chi connectivity index (χ1n) is 12.0. The summed E-state index contributed by atoms with van der Waals surface area (Å²) in [6.07, 6.45) is 4.61. The maximum absolute atomic E-state index is 12.9. The van der Waals surface area contributed by atoms with Crippen molar-refractivity contribution < 1.29 is 14.6 Å². The number of carbonyl (C=O) groups excluding carboxylic acids is 1. The summed E-state index contributed by atoms with van der Waals surface area (Å²) in [5.74, 6) is 0.0309. The normalized spacial score (nSPS) is 38.9. The average Bonchev–Trinajstić information content (AvgIpc) is 3.07. The molecule has 5 rings (SSSR count). The Hall–Kier alpha value is -1.69. The lowest BCUT2D eigenvalue weighted by molar-refractivity contribution is -0.145. The Morgan fingerprint density at radius 1 is 1.13 bits per heavy atom. The Kier molecular flexibility index (Phi) is 5.70. The third kappa shape index (κ3) is 3.75. The Balaban J connectivity index is 1.24. The summed E-state index contributed by atoms with van der Waals surface area (Å²) >= 11 is 0. The number of ether oxygens (including phenoxy) is 1. The van der Waals surface area contributed by atoms with Crippen molar-refractivity contribution in [1.29, 1.82) is 0 Å². The molecule has 6 unspecified atom stereocenters. The van der Waals surface area contributed by atoms with E-state index in [0.717, 1.165) is 52.0 Å². The van der Waals surface area contributed by atoms with E-state index in [1.54, 1.807) is 0 Å². The summed E-state index contributed by atoms with van der Waals surface area (Å²) in [7, 11) is 0. The van der Waals surface area contributed by atoms with Gasteiger partial charge in [0.1, 0.15) is 6.10 Å². The predicted molar refractivity (Wildman–Crippen MR) is 120 cm³/mol. The molecule has 2 aliphatic carbocycles. The minimum atomic E-state index is -0.511. The summed E-state index contributed by atoms with van der Waals surface area (Å²) < 4.78 is 5.84. The number of allylic oxidation sites excluding steroid dienone is 1. The van der Waals surface area contributed by atoms with Gasteiger partial charge in [-0.3, -0.25) is 14.6 Å². The van der Waals surface area contributed by atoms with Crippen LogP contribution in [0.5, 0.6) is 0 Å². The van der Waals surface area contributed by atoms with E-state index >= 15 is 0 Å². The molecule has 0 radical (unpaired) electrons. The third-order valence-corrected chi connectivity index (χ3v) is 8.74. The van der Waals surface area contributed by atoms with Crippen molar-refractivity contribution in [3.63, 3.8) is 0 Å². The lowest BCUT2D eigenvalue weighted by Gasteiger charge is -2.52. The first kappa shape index (κ1) is 21.2. The molecule has 168 valence electrons. The first-order valence-corrected chi connectivity index (χ1v) is 12.0. The van der Waals surface area contributed by atoms with Crippen LogP contribution < -0.4 is 0 Å². The van der Waals surface area contributed by atoms with Crippen LogP contribution in [0.25, 0.3) is 0 Å². The fourth-order valence-electron chi connectivity index (χ4n) is 6.52. The van der Waals surface area contributed by atoms with E-state index in [-0.39, 0.29) is 29.3 Å². The predicted octanol–water partition coefficient (Wildman–Crippen LogP) is 3.09. The van der Waals surface area contributed by atoms with Gasteiger partial charge in [0.25, 0.3) is 0 Å². The topological polar surface area (TPSA) is 53.0 Å². The quantitative estimate of drug-likeness (QED) is 0.595. The molecular formula is C26H36N2O3. The SMILES string of the molecule is CC1CCC=C2CC3OC(=O)C(CN4CCN(Cc5ccccc5)CC4)C3C(O)C21C. The van der Waals surface area contributed by atoms with Gasteiger partial charge in [0, 0.05) is 57.0 Å². The van der Waals surface area contributed by atoms with Crippen LogP contribution in [-0.4, -0.2) is 65.8 Å². The number of rotatable bonds is 4. The lowest BCUT2D eigenvalue weighted by atomic mass is 9.55. The molecule has 2 saturated heterocycles. The van der Waals surface area contributed by atoms with Crippen LogP contribution in [0.1, 0.15) is 38.7 Å². The highest BCUT2D eigenvalue weighted by Crippen LogP contribution is 2.56. The number of nitrogens with zero attached hydrogens (tertiary/aromatic N) is 2. The van der Waals surface area contributed by atoms with Crippen LogP contribution in [-0.2, 0) is 16.1 Å². The molecule has 0 spiro atoms. The molecule has 4 aliphatic rings. The Labute approximate surface area is 186 Å². The van der Waals surface area contributed by atoms with Crippen LogP contribution >= 0.6 is 0 Å². The van der Waals surface area contributed by atoms with Crippen LogP contribution in [0.4, 0.5) is 0 Å². The summed E-state index contributed by atoms with van der Waals surface area (Å²) in [5, 5.41) is 11.5. The Morgan fingerprint density at radius 2 is 1.84 bits per heavy atom. The molecule has 3 fully saturated rings. The zero-order valence-electron chi connectivity index (χ0n) is 18.9. The van der Waals surface area contributed by atoms with Crippen molar-refractivity contribution in [2.75, 3.05) is 32.7 Å².